The summed E-state index contributed by atoms with van der Waals surface area (Å²) in [5.74, 6) is 0.887. The SMILES string of the molecule is CC1CNC(C(=O)N2CCC(CCCCNC(=O)c3ccc4nccn4c3)CC2)CN1. The Labute approximate surface area is 183 Å². The van der Waals surface area contributed by atoms with E-state index in [4.69, 9.17) is 0 Å². The topological polar surface area (TPSA) is 90.8 Å². The first-order chi connectivity index (χ1) is 15.1. The maximum absolute atomic E-state index is 12.7. The summed E-state index contributed by atoms with van der Waals surface area (Å²) >= 11 is 0. The number of carbonyl (C=O) groups excluding carboxylic acids is 2. The molecule has 0 aromatic carbocycles. The van der Waals surface area contributed by atoms with Crippen LogP contribution in [0.25, 0.3) is 5.65 Å². The van der Waals surface area contributed by atoms with Crippen molar-refractivity contribution in [3.8, 4) is 0 Å². The quantitative estimate of drug-likeness (QED) is 0.583. The molecule has 8 heteroatoms. The molecule has 3 N–H and O–H groups in total. The first kappa shape index (κ1) is 21.8. The third kappa shape index (κ3) is 5.62. The van der Waals surface area contributed by atoms with Crippen LogP contribution in [-0.4, -0.2) is 70.9 Å². The van der Waals surface area contributed by atoms with E-state index in [0.717, 1.165) is 57.5 Å². The maximum atomic E-state index is 12.7. The van der Waals surface area contributed by atoms with E-state index >= 15 is 0 Å². The Bertz CT molecular complexity index is 881. The Morgan fingerprint density at radius 1 is 1.16 bits per heavy atom. The van der Waals surface area contributed by atoms with E-state index in [2.05, 4.69) is 27.9 Å². The standard InChI is InChI=1S/C23H34N6O2/c1-17-14-27-20(15-26-17)23(31)28-11-7-18(8-12-28)4-2-3-9-25-22(30)19-5-6-21-24-10-13-29(21)16-19/h5-6,10,13,16-18,20,26-27H,2-4,7-9,11-12,14-15H2,1H3,(H,25,30). The largest absolute Gasteiger partial charge is 0.352 e. The normalized spacial score (nSPS) is 22.5. The minimum absolute atomic E-state index is 0.0392. The highest BCUT2D eigenvalue weighted by atomic mass is 16.2. The van der Waals surface area contributed by atoms with Crippen molar-refractivity contribution in [3.05, 3.63) is 36.3 Å². The van der Waals surface area contributed by atoms with Gasteiger partial charge in [0.2, 0.25) is 5.91 Å². The number of likely N-dealkylation sites (tertiary alicyclic amines) is 1. The summed E-state index contributed by atoms with van der Waals surface area (Å²) in [7, 11) is 0. The molecule has 2 aromatic rings. The highest BCUT2D eigenvalue weighted by Gasteiger charge is 2.30. The Morgan fingerprint density at radius 2 is 2.00 bits per heavy atom. The van der Waals surface area contributed by atoms with Gasteiger partial charge in [0.1, 0.15) is 5.65 Å². The summed E-state index contributed by atoms with van der Waals surface area (Å²) in [6, 6.07) is 4.02. The number of hydrogen-bond donors (Lipinski definition) is 3. The number of piperidine rings is 1. The molecule has 31 heavy (non-hydrogen) atoms. The number of imidazole rings is 1. The van der Waals surface area contributed by atoms with Crippen LogP contribution < -0.4 is 16.0 Å². The molecule has 0 spiro atoms. The first-order valence-corrected chi connectivity index (χ1v) is 11.6. The molecule has 0 saturated carbocycles. The lowest BCUT2D eigenvalue weighted by Crippen LogP contribution is -2.60. The van der Waals surface area contributed by atoms with Crippen LogP contribution in [0.3, 0.4) is 0 Å². The highest BCUT2D eigenvalue weighted by molar-refractivity contribution is 5.94. The lowest BCUT2D eigenvalue weighted by atomic mass is 9.91. The van der Waals surface area contributed by atoms with E-state index < -0.39 is 0 Å². The number of nitrogens with zero attached hydrogens (tertiary/aromatic N) is 3. The van der Waals surface area contributed by atoms with Crippen molar-refractivity contribution < 1.29 is 9.59 Å². The Morgan fingerprint density at radius 3 is 2.77 bits per heavy atom. The lowest BCUT2D eigenvalue weighted by Gasteiger charge is -2.36. The number of amides is 2. The second-order valence-corrected chi connectivity index (χ2v) is 8.90. The molecule has 4 rings (SSSR count). The van der Waals surface area contributed by atoms with Gasteiger partial charge in [0, 0.05) is 57.4 Å². The fraction of sp³-hybridized carbons (Fsp3) is 0.609. The van der Waals surface area contributed by atoms with Gasteiger partial charge in [0.15, 0.2) is 0 Å². The van der Waals surface area contributed by atoms with Gasteiger partial charge in [-0.05, 0) is 44.2 Å². The van der Waals surface area contributed by atoms with Crippen LogP contribution in [0, 0.1) is 5.92 Å². The van der Waals surface area contributed by atoms with E-state index in [0.29, 0.717) is 24.1 Å². The van der Waals surface area contributed by atoms with Crippen LogP contribution >= 0.6 is 0 Å². The average Bonchev–Trinajstić information content (AvgIpc) is 3.27. The molecule has 2 aliphatic heterocycles. The molecule has 2 fully saturated rings. The molecule has 2 unspecified atom stereocenters. The summed E-state index contributed by atoms with van der Waals surface area (Å²) in [6.45, 7) is 6.13. The van der Waals surface area contributed by atoms with Gasteiger partial charge in [0.25, 0.3) is 5.91 Å². The van der Waals surface area contributed by atoms with E-state index in [9.17, 15) is 9.59 Å². The van der Waals surface area contributed by atoms with Gasteiger partial charge >= 0.3 is 0 Å². The van der Waals surface area contributed by atoms with Crippen molar-refractivity contribution in [1.82, 2.24) is 30.2 Å². The number of piperazine rings is 1. The van der Waals surface area contributed by atoms with Crippen molar-refractivity contribution in [2.45, 2.75) is 51.1 Å². The summed E-state index contributed by atoms with van der Waals surface area (Å²) < 4.78 is 1.85. The summed E-state index contributed by atoms with van der Waals surface area (Å²) in [5, 5.41) is 9.76. The fourth-order valence-electron chi connectivity index (χ4n) is 4.54. The predicted molar refractivity (Wildman–Crippen MR) is 120 cm³/mol. The Balaban J connectivity index is 1.10. The molecule has 2 atom stereocenters. The molecule has 0 bridgehead atoms. The number of carbonyl (C=O) groups is 2. The number of unbranched alkanes of at least 4 members (excludes halogenated alkanes) is 1. The monoisotopic (exact) mass is 426 g/mol. The van der Waals surface area contributed by atoms with Gasteiger partial charge in [-0.3, -0.25) is 9.59 Å². The van der Waals surface area contributed by atoms with Gasteiger partial charge < -0.3 is 25.3 Å². The number of rotatable bonds is 7. The molecule has 4 heterocycles. The zero-order chi connectivity index (χ0) is 21.6. The van der Waals surface area contributed by atoms with Crippen molar-refractivity contribution in [2.24, 2.45) is 5.92 Å². The summed E-state index contributed by atoms with van der Waals surface area (Å²) in [5.41, 5.74) is 1.49. The van der Waals surface area contributed by atoms with Crippen molar-refractivity contribution >= 4 is 17.5 Å². The van der Waals surface area contributed by atoms with Crippen molar-refractivity contribution in [1.29, 1.82) is 0 Å². The summed E-state index contributed by atoms with van der Waals surface area (Å²) in [4.78, 5) is 31.2. The molecule has 0 aliphatic carbocycles. The number of pyridine rings is 1. The van der Waals surface area contributed by atoms with Crippen molar-refractivity contribution in [2.75, 3.05) is 32.7 Å². The van der Waals surface area contributed by atoms with Gasteiger partial charge in [-0.2, -0.15) is 0 Å². The van der Waals surface area contributed by atoms with Crippen molar-refractivity contribution in [3.63, 3.8) is 0 Å². The van der Waals surface area contributed by atoms with Gasteiger partial charge in [-0.15, -0.1) is 0 Å². The predicted octanol–water partition coefficient (Wildman–Crippen LogP) is 1.42. The van der Waals surface area contributed by atoms with Crippen LogP contribution in [0.4, 0.5) is 0 Å². The van der Waals surface area contributed by atoms with Gasteiger partial charge in [-0.1, -0.05) is 12.8 Å². The third-order valence-electron chi connectivity index (χ3n) is 6.54. The zero-order valence-corrected chi connectivity index (χ0v) is 18.3. The van der Waals surface area contributed by atoms with Crippen LogP contribution in [0.15, 0.2) is 30.7 Å². The smallest absolute Gasteiger partial charge is 0.252 e. The molecule has 8 nitrogen and oxygen atoms in total. The number of hydrogen-bond acceptors (Lipinski definition) is 5. The molecule has 2 aliphatic rings. The fourth-order valence-corrected chi connectivity index (χ4v) is 4.54. The van der Waals surface area contributed by atoms with Crippen LogP contribution in [0.2, 0.25) is 0 Å². The van der Waals surface area contributed by atoms with E-state index in [1.54, 1.807) is 6.20 Å². The molecule has 2 aromatic heterocycles. The second-order valence-electron chi connectivity index (χ2n) is 8.90. The summed E-state index contributed by atoms with van der Waals surface area (Å²) in [6.07, 6.45) is 10.8. The minimum atomic E-state index is -0.0779. The van der Waals surface area contributed by atoms with E-state index in [1.165, 1.54) is 6.42 Å². The molecule has 2 saturated heterocycles. The highest BCUT2D eigenvalue weighted by Crippen LogP contribution is 2.23. The second kappa shape index (κ2) is 10.2. The van der Waals surface area contributed by atoms with Gasteiger partial charge in [0.05, 0.1) is 11.6 Å². The number of fused-ring (bicyclic) bond motifs is 1. The molecule has 2 amide bonds. The Kier molecular flexibility index (Phi) is 7.19. The average molecular weight is 427 g/mol. The number of aromatic nitrogens is 2. The Hall–Kier alpha value is -2.45. The van der Waals surface area contributed by atoms with Gasteiger partial charge in [-0.25, -0.2) is 4.98 Å². The molecule has 168 valence electrons. The van der Waals surface area contributed by atoms with Crippen LogP contribution in [0.5, 0.6) is 0 Å². The van der Waals surface area contributed by atoms with Crippen LogP contribution in [-0.2, 0) is 4.79 Å². The number of nitrogens with one attached hydrogen (secondary N) is 3. The third-order valence-corrected chi connectivity index (χ3v) is 6.54. The molecular weight excluding hydrogens is 392 g/mol. The maximum Gasteiger partial charge on any atom is 0.252 e. The van der Waals surface area contributed by atoms with E-state index in [1.807, 2.05) is 33.8 Å². The first-order valence-electron chi connectivity index (χ1n) is 11.6. The van der Waals surface area contributed by atoms with Crippen LogP contribution in [0.1, 0.15) is 49.4 Å². The van der Waals surface area contributed by atoms with E-state index in [-0.39, 0.29) is 17.9 Å². The lowest BCUT2D eigenvalue weighted by molar-refractivity contribution is -0.135. The zero-order valence-electron chi connectivity index (χ0n) is 18.3. The molecular formula is C23H34N6O2. The molecule has 0 radical (unpaired) electrons. The minimum Gasteiger partial charge on any atom is -0.352 e.